The van der Waals surface area contributed by atoms with Crippen molar-refractivity contribution in [1.29, 1.82) is 0 Å². The van der Waals surface area contributed by atoms with Gasteiger partial charge in [-0.25, -0.2) is 17.9 Å². The van der Waals surface area contributed by atoms with E-state index in [9.17, 15) is 13.2 Å². The highest BCUT2D eigenvalue weighted by Gasteiger charge is 2.34. The van der Waals surface area contributed by atoms with Crippen molar-refractivity contribution in [1.82, 2.24) is 4.72 Å². The Labute approximate surface area is 125 Å². The van der Waals surface area contributed by atoms with Gasteiger partial charge in [0, 0.05) is 12.1 Å². The van der Waals surface area contributed by atoms with Crippen molar-refractivity contribution in [2.24, 2.45) is 11.8 Å². The Morgan fingerprint density at radius 1 is 1.45 bits per heavy atom. The molecule has 6 nitrogen and oxygen atoms in total. The second kappa shape index (κ2) is 5.50. The fourth-order valence-electron chi connectivity index (χ4n) is 2.43. The molecule has 1 aromatic rings. The monoisotopic (exact) mass is 365 g/mol. The standard InChI is InChI=1S/C12H16BrNO5S/c1-6-3-4-8(7(6)2)14-20(17,18)10-5-9(12(15)16)19-11(10)13/h5-8,14H,3-4H2,1-2H3,(H,15,16). The summed E-state index contributed by atoms with van der Waals surface area (Å²) < 4.78 is 32.0. The van der Waals surface area contributed by atoms with E-state index in [0.717, 1.165) is 18.9 Å². The molecule has 0 aliphatic heterocycles. The number of sulfonamides is 1. The molecule has 20 heavy (non-hydrogen) atoms. The number of halogens is 1. The number of carboxylic acids is 1. The average Bonchev–Trinajstić information content (AvgIpc) is 2.87. The quantitative estimate of drug-likeness (QED) is 0.853. The summed E-state index contributed by atoms with van der Waals surface area (Å²) in [4.78, 5) is 10.6. The zero-order valence-corrected chi connectivity index (χ0v) is 13.5. The van der Waals surface area contributed by atoms with Gasteiger partial charge in [-0.1, -0.05) is 13.8 Å². The van der Waals surface area contributed by atoms with Crippen LogP contribution in [-0.4, -0.2) is 25.5 Å². The van der Waals surface area contributed by atoms with E-state index in [0.29, 0.717) is 5.92 Å². The van der Waals surface area contributed by atoms with Crippen LogP contribution in [0.4, 0.5) is 0 Å². The Hall–Kier alpha value is -0.860. The van der Waals surface area contributed by atoms with Crippen molar-refractivity contribution in [3.8, 4) is 0 Å². The first-order chi connectivity index (χ1) is 9.22. The summed E-state index contributed by atoms with van der Waals surface area (Å²) in [5, 5.41) is 8.82. The lowest BCUT2D eigenvalue weighted by Gasteiger charge is -2.19. The topological polar surface area (TPSA) is 96.6 Å². The van der Waals surface area contributed by atoms with Gasteiger partial charge in [-0.3, -0.25) is 0 Å². The van der Waals surface area contributed by atoms with E-state index in [1.807, 2.05) is 6.92 Å². The first-order valence-corrected chi connectivity index (χ1v) is 8.55. The molecule has 1 saturated carbocycles. The SMILES string of the molecule is CC1CCC(NS(=O)(=O)c2cc(C(=O)O)oc2Br)C1C. The molecule has 3 unspecified atom stereocenters. The molecule has 1 fully saturated rings. The lowest BCUT2D eigenvalue weighted by atomic mass is 9.98. The molecule has 0 radical (unpaired) electrons. The first-order valence-electron chi connectivity index (χ1n) is 6.27. The second-order valence-electron chi connectivity index (χ2n) is 5.20. The summed E-state index contributed by atoms with van der Waals surface area (Å²) in [6.45, 7) is 4.10. The number of hydrogen-bond donors (Lipinski definition) is 2. The second-order valence-corrected chi connectivity index (χ2v) is 7.60. The van der Waals surface area contributed by atoms with Gasteiger partial charge in [-0.05, 0) is 40.6 Å². The minimum absolute atomic E-state index is 0.0962. The van der Waals surface area contributed by atoms with Crippen LogP contribution >= 0.6 is 15.9 Å². The van der Waals surface area contributed by atoms with Crippen molar-refractivity contribution < 1.29 is 22.7 Å². The van der Waals surface area contributed by atoms with Crippen LogP contribution in [0.3, 0.4) is 0 Å². The summed E-state index contributed by atoms with van der Waals surface area (Å²) in [5.74, 6) is -1.01. The molecule has 0 bridgehead atoms. The van der Waals surface area contributed by atoms with Gasteiger partial charge in [0.2, 0.25) is 15.8 Å². The minimum Gasteiger partial charge on any atom is -0.475 e. The van der Waals surface area contributed by atoms with E-state index in [1.165, 1.54) is 0 Å². The van der Waals surface area contributed by atoms with Gasteiger partial charge in [-0.15, -0.1) is 0 Å². The van der Waals surface area contributed by atoms with Crippen molar-refractivity contribution in [2.75, 3.05) is 0 Å². The molecule has 0 aromatic carbocycles. The van der Waals surface area contributed by atoms with E-state index >= 15 is 0 Å². The van der Waals surface area contributed by atoms with Gasteiger partial charge < -0.3 is 9.52 Å². The Bertz CT molecular complexity index is 624. The summed E-state index contributed by atoms with van der Waals surface area (Å²) in [6, 6.07) is 0.878. The molecule has 0 amide bonds. The number of carbonyl (C=O) groups is 1. The molecule has 3 atom stereocenters. The Morgan fingerprint density at radius 2 is 2.10 bits per heavy atom. The third kappa shape index (κ3) is 2.91. The first kappa shape index (κ1) is 15.5. The van der Waals surface area contributed by atoms with E-state index in [-0.39, 0.29) is 21.5 Å². The van der Waals surface area contributed by atoms with Crippen LogP contribution in [0.25, 0.3) is 0 Å². The van der Waals surface area contributed by atoms with Gasteiger partial charge in [-0.2, -0.15) is 0 Å². The molecule has 112 valence electrons. The Balaban J connectivity index is 2.25. The Morgan fingerprint density at radius 3 is 2.55 bits per heavy atom. The highest BCUT2D eigenvalue weighted by Crippen LogP contribution is 2.33. The summed E-state index contributed by atoms with van der Waals surface area (Å²) in [5.41, 5.74) is 0. The van der Waals surface area contributed by atoms with Crippen LogP contribution in [0.2, 0.25) is 0 Å². The predicted molar refractivity (Wildman–Crippen MR) is 75.0 cm³/mol. The van der Waals surface area contributed by atoms with Crippen LogP contribution < -0.4 is 4.72 Å². The maximum Gasteiger partial charge on any atom is 0.371 e. The Kier molecular flexibility index (Phi) is 4.27. The zero-order chi connectivity index (χ0) is 15.1. The molecule has 1 aliphatic carbocycles. The molecule has 2 N–H and O–H groups in total. The van der Waals surface area contributed by atoms with E-state index in [2.05, 4.69) is 27.6 Å². The largest absolute Gasteiger partial charge is 0.475 e. The molecule has 0 spiro atoms. The van der Waals surface area contributed by atoms with Crippen molar-refractivity contribution in [3.05, 3.63) is 16.5 Å². The van der Waals surface area contributed by atoms with E-state index < -0.39 is 21.8 Å². The lowest BCUT2D eigenvalue weighted by molar-refractivity contribution is 0.0661. The maximum absolute atomic E-state index is 12.3. The van der Waals surface area contributed by atoms with E-state index in [4.69, 9.17) is 9.52 Å². The number of hydrogen-bond acceptors (Lipinski definition) is 4. The fraction of sp³-hybridized carbons (Fsp3) is 0.583. The number of carboxylic acid groups (broad SMARTS) is 1. The maximum atomic E-state index is 12.3. The van der Waals surface area contributed by atoms with Gasteiger partial charge in [0.25, 0.3) is 0 Å². The lowest BCUT2D eigenvalue weighted by Crippen LogP contribution is -2.37. The molecule has 1 heterocycles. The van der Waals surface area contributed by atoms with Gasteiger partial charge >= 0.3 is 5.97 Å². The van der Waals surface area contributed by atoms with Crippen molar-refractivity contribution in [3.63, 3.8) is 0 Å². The molecular formula is C12H16BrNO5S. The van der Waals surface area contributed by atoms with Gasteiger partial charge in [0.1, 0.15) is 4.90 Å². The summed E-state index contributed by atoms with van der Waals surface area (Å²) in [6.07, 6.45) is 1.75. The van der Waals surface area contributed by atoms with Crippen LogP contribution in [0, 0.1) is 11.8 Å². The third-order valence-corrected chi connectivity index (χ3v) is 6.27. The molecule has 1 aliphatic rings. The molecule has 2 rings (SSSR count). The van der Waals surface area contributed by atoms with E-state index in [1.54, 1.807) is 0 Å². The zero-order valence-electron chi connectivity index (χ0n) is 11.1. The third-order valence-electron chi connectivity index (χ3n) is 3.93. The highest BCUT2D eigenvalue weighted by atomic mass is 79.9. The molecule has 0 saturated heterocycles. The predicted octanol–water partition coefficient (Wildman–Crippen LogP) is 2.45. The molecule has 1 aromatic heterocycles. The number of aromatic carboxylic acids is 1. The fourth-order valence-corrected chi connectivity index (χ4v) is 4.74. The smallest absolute Gasteiger partial charge is 0.371 e. The normalized spacial score (nSPS) is 26.9. The van der Waals surface area contributed by atoms with Crippen LogP contribution in [0.1, 0.15) is 37.2 Å². The summed E-state index contributed by atoms with van der Waals surface area (Å²) in [7, 11) is -3.80. The van der Waals surface area contributed by atoms with Crippen LogP contribution in [0.5, 0.6) is 0 Å². The minimum atomic E-state index is -3.80. The average molecular weight is 366 g/mol. The number of nitrogens with one attached hydrogen (secondary N) is 1. The van der Waals surface area contributed by atoms with Crippen LogP contribution in [-0.2, 0) is 10.0 Å². The summed E-state index contributed by atoms with van der Waals surface area (Å²) >= 11 is 2.95. The van der Waals surface area contributed by atoms with Gasteiger partial charge in [0.15, 0.2) is 4.67 Å². The number of furan rings is 1. The number of rotatable bonds is 4. The van der Waals surface area contributed by atoms with Crippen molar-refractivity contribution in [2.45, 2.75) is 37.6 Å². The highest BCUT2D eigenvalue weighted by molar-refractivity contribution is 9.10. The van der Waals surface area contributed by atoms with Crippen molar-refractivity contribution >= 4 is 31.9 Å². The molecular weight excluding hydrogens is 350 g/mol. The molecule has 8 heteroatoms. The van der Waals surface area contributed by atoms with Crippen LogP contribution in [0.15, 0.2) is 20.0 Å². The van der Waals surface area contributed by atoms with Gasteiger partial charge in [0.05, 0.1) is 0 Å².